The molecule has 0 heterocycles. The van der Waals surface area contributed by atoms with Crippen LogP contribution in [-0.4, -0.2) is 21.7 Å². The monoisotopic (exact) mass is 353 g/mol. The van der Waals surface area contributed by atoms with Gasteiger partial charge in [0.2, 0.25) is 3.79 Å². The molecule has 21 heavy (non-hydrogen) atoms. The van der Waals surface area contributed by atoms with Gasteiger partial charge in [-0.05, 0) is 24.3 Å². The molecule has 0 saturated heterocycles. The van der Waals surface area contributed by atoms with Crippen molar-refractivity contribution in [2.24, 2.45) is 16.6 Å². The Morgan fingerprint density at radius 1 is 1.29 bits per heavy atom. The summed E-state index contributed by atoms with van der Waals surface area (Å²) in [5.74, 6) is -0.827. The van der Waals surface area contributed by atoms with E-state index in [4.69, 9.17) is 40.5 Å². The molecule has 0 bridgehead atoms. The van der Waals surface area contributed by atoms with Gasteiger partial charge in [-0.2, -0.15) is 0 Å². The topological polar surface area (TPSA) is 67.5 Å². The molecule has 0 aliphatic rings. The predicted molar refractivity (Wildman–Crippen MR) is 84.4 cm³/mol. The van der Waals surface area contributed by atoms with Crippen molar-refractivity contribution < 1.29 is 9.18 Å². The molecule has 3 N–H and O–H groups in total. The number of carbonyl (C=O) groups is 1. The zero-order valence-electron chi connectivity index (χ0n) is 11.4. The maximum absolute atomic E-state index is 12.8. The van der Waals surface area contributed by atoms with Crippen LogP contribution in [0.2, 0.25) is 0 Å². The van der Waals surface area contributed by atoms with E-state index in [1.165, 1.54) is 12.1 Å². The van der Waals surface area contributed by atoms with Crippen molar-refractivity contribution in [3.8, 4) is 0 Å². The van der Waals surface area contributed by atoms with Crippen LogP contribution in [0.4, 0.5) is 4.39 Å². The first kappa shape index (κ1) is 18.0. The molecule has 1 aromatic rings. The lowest BCUT2D eigenvalue weighted by molar-refractivity contribution is 0.0938. The van der Waals surface area contributed by atoms with Crippen LogP contribution in [0.15, 0.2) is 29.3 Å². The van der Waals surface area contributed by atoms with Crippen LogP contribution in [0.5, 0.6) is 0 Å². The van der Waals surface area contributed by atoms with Gasteiger partial charge in [-0.1, -0.05) is 48.7 Å². The lowest BCUT2D eigenvalue weighted by Crippen LogP contribution is -2.44. The number of nitrogens with one attached hydrogen (secondary N) is 1. The second-order valence-corrected chi connectivity index (χ2v) is 7.00. The van der Waals surface area contributed by atoms with Crippen molar-refractivity contribution in [2.45, 2.75) is 23.8 Å². The summed E-state index contributed by atoms with van der Waals surface area (Å²) in [6.07, 6.45) is -1.15. The number of nitrogens with two attached hydrogens (primary N) is 1. The number of hydrogen-bond donors (Lipinski definition) is 2. The fraction of sp³-hybridized carbons (Fsp3) is 0.385. The molecule has 0 aliphatic carbocycles. The summed E-state index contributed by atoms with van der Waals surface area (Å²) in [4.78, 5) is 16.1. The van der Waals surface area contributed by atoms with Gasteiger partial charge in [-0.25, -0.2) is 9.38 Å². The number of aliphatic imine (C=N–C) groups is 1. The van der Waals surface area contributed by atoms with Gasteiger partial charge in [0.15, 0.2) is 6.17 Å². The van der Waals surface area contributed by atoms with E-state index in [-0.39, 0.29) is 17.3 Å². The van der Waals surface area contributed by atoms with Gasteiger partial charge < -0.3 is 11.1 Å². The molecule has 1 rings (SSSR count). The highest BCUT2D eigenvalue weighted by Gasteiger charge is 2.34. The molecule has 116 valence electrons. The van der Waals surface area contributed by atoms with Crippen LogP contribution in [0, 0.1) is 11.7 Å². The van der Waals surface area contributed by atoms with E-state index in [1.807, 2.05) is 13.8 Å². The molecule has 0 aromatic heterocycles. The van der Waals surface area contributed by atoms with Crippen LogP contribution in [0.25, 0.3) is 0 Å². The number of alkyl halides is 3. The summed E-state index contributed by atoms with van der Waals surface area (Å²) in [5, 5.41) is 2.45. The minimum atomic E-state index is -1.87. The fourth-order valence-electron chi connectivity index (χ4n) is 1.29. The SMILES string of the molecule is CC(C)C(N)=N[C@@H](NC(=O)c1ccc(F)cc1)C(Cl)(Cl)Cl. The number of amides is 1. The average molecular weight is 355 g/mol. The van der Waals surface area contributed by atoms with E-state index in [0.29, 0.717) is 0 Å². The van der Waals surface area contributed by atoms with Crippen LogP contribution >= 0.6 is 34.8 Å². The molecule has 0 radical (unpaired) electrons. The molecule has 1 aromatic carbocycles. The van der Waals surface area contributed by atoms with E-state index < -0.39 is 21.7 Å². The highest BCUT2D eigenvalue weighted by molar-refractivity contribution is 6.68. The highest BCUT2D eigenvalue weighted by atomic mass is 35.6. The number of carbonyl (C=O) groups excluding carboxylic acids is 1. The Balaban J connectivity index is 2.94. The number of nitrogens with zero attached hydrogens (tertiary/aromatic N) is 1. The summed E-state index contributed by atoms with van der Waals surface area (Å²) >= 11 is 17.4. The lowest BCUT2D eigenvalue weighted by Gasteiger charge is -2.23. The maximum atomic E-state index is 12.8. The zero-order valence-corrected chi connectivity index (χ0v) is 13.7. The third-order valence-corrected chi connectivity index (χ3v) is 3.17. The van der Waals surface area contributed by atoms with Crippen LogP contribution < -0.4 is 11.1 Å². The Bertz CT molecular complexity index is 526. The Kier molecular flexibility index (Phi) is 6.25. The van der Waals surface area contributed by atoms with Crippen LogP contribution in [0.1, 0.15) is 24.2 Å². The standard InChI is InChI=1S/C13H15Cl3FN3O/c1-7(2)10(18)19-12(13(14,15)16)20-11(21)8-3-5-9(17)6-4-8/h3-7,12H,1-2H3,(H2,18,19)(H,20,21)/t12-/m0/s1. The van der Waals surface area contributed by atoms with Gasteiger partial charge in [0.1, 0.15) is 5.82 Å². The third kappa shape index (κ3) is 5.69. The van der Waals surface area contributed by atoms with Gasteiger partial charge in [0.25, 0.3) is 5.91 Å². The number of halogens is 4. The molecule has 1 amide bonds. The Morgan fingerprint density at radius 3 is 2.24 bits per heavy atom. The van der Waals surface area contributed by atoms with Crippen molar-refractivity contribution in [1.82, 2.24) is 5.32 Å². The molecule has 8 heteroatoms. The second-order valence-electron chi connectivity index (χ2n) is 4.63. The lowest BCUT2D eigenvalue weighted by atomic mass is 10.2. The number of amidine groups is 1. The van der Waals surface area contributed by atoms with Gasteiger partial charge in [0, 0.05) is 11.5 Å². The first-order valence-electron chi connectivity index (χ1n) is 6.07. The van der Waals surface area contributed by atoms with E-state index in [2.05, 4.69) is 10.3 Å². The van der Waals surface area contributed by atoms with Crippen molar-refractivity contribution >= 4 is 46.5 Å². The summed E-state index contributed by atoms with van der Waals surface area (Å²) < 4.78 is 11.0. The van der Waals surface area contributed by atoms with Gasteiger partial charge >= 0.3 is 0 Å². The molecule has 0 saturated carbocycles. The molecule has 4 nitrogen and oxygen atoms in total. The number of hydrogen-bond acceptors (Lipinski definition) is 2. The normalized spacial score (nSPS) is 14.1. The minimum absolute atomic E-state index is 0.0671. The number of rotatable bonds is 4. The van der Waals surface area contributed by atoms with Crippen molar-refractivity contribution in [3.63, 3.8) is 0 Å². The molecule has 0 aliphatic heterocycles. The fourth-order valence-corrected chi connectivity index (χ4v) is 1.60. The van der Waals surface area contributed by atoms with Gasteiger partial charge in [0.05, 0.1) is 5.84 Å². The van der Waals surface area contributed by atoms with Crippen molar-refractivity contribution in [2.75, 3.05) is 0 Å². The largest absolute Gasteiger partial charge is 0.387 e. The molecule has 0 spiro atoms. The quantitative estimate of drug-likeness (QED) is 0.495. The summed E-state index contributed by atoms with van der Waals surface area (Å²) in [6, 6.07) is 4.95. The molecule has 1 atom stereocenters. The van der Waals surface area contributed by atoms with Gasteiger partial charge in [-0.3, -0.25) is 4.79 Å². The zero-order chi connectivity index (χ0) is 16.2. The first-order chi connectivity index (χ1) is 9.61. The van der Waals surface area contributed by atoms with E-state index >= 15 is 0 Å². The molecule has 0 unspecified atom stereocenters. The van der Waals surface area contributed by atoms with Crippen LogP contribution in [-0.2, 0) is 0 Å². The summed E-state index contributed by atoms with van der Waals surface area (Å²) in [7, 11) is 0. The Morgan fingerprint density at radius 2 is 1.81 bits per heavy atom. The number of benzene rings is 1. The van der Waals surface area contributed by atoms with E-state index in [1.54, 1.807) is 0 Å². The molecular formula is C13H15Cl3FN3O. The molecule has 0 fully saturated rings. The minimum Gasteiger partial charge on any atom is -0.387 e. The smallest absolute Gasteiger partial charge is 0.253 e. The summed E-state index contributed by atoms with van der Waals surface area (Å²) in [6.45, 7) is 3.63. The Hall–Kier alpha value is -1.04. The van der Waals surface area contributed by atoms with Crippen molar-refractivity contribution in [3.05, 3.63) is 35.6 Å². The Labute approximate surface area is 137 Å². The van der Waals surface area contributed by atoms with E-state index in [9.17, 15) is 9.18 Å². The van der Waals surface area contributed by atoms with Gasteiger partial charge in [-0.15, -0.1) is 0 Å². The molecular weight excluding hydrogens is 340 g/mol. The maximum Gasteiger partial charge on any atom is 0.253 e. The average Bonchev–Trinajstić information content (AvgIpc) is 2.37. The van der Waals surface area contributed by atoms with E-state index in [0.717, 1.165) is 12.1 Å². The second kappa shape index (κ2) is 7.29. The summed E-state index contributed by atoms with van der Waals surface area (Å²) in [5.41, 5.74) is 5.94. The predicted octanol–water partition coefficient (Wildman–Crippen LogP) is 3.27. The van der Waals surface area contributed by atoms with Crippen LogP contribution in [0.3, 0.4) is 0 Å². The van der Waals surface area contributed by atoms with Crippen molar-refractivity contribution in [1.29, 1.82) is 0 Å². The first-order valence-corrected chi connectivity index (χ1v) is 7.21. The third-order valence-electron chi connectivity index (χ3n) is 2.55. The highest BCUT2D eigenvalue weighted by Crippen LogP contribution is 2.31.